The van der Waals surface area contributed by atoms with Crippen LogP contribution < -0.4 is 0 Å². The summed E-state index contributed by atoms with van der Waals surface area (Å²) < 4.78 is 1.79. The van der Waals surface area contributed by atoms with Crippen molar-refractivity contribution in [3.05, 3.63) is 16.6 Å². The van der Waals surface area contributed by atoms with E-state index in [0.717, 1.165) is 15.9 Å². The third-order valence-electron chi connectivity index (χ3n) is 3.50. The Kier molecular flexibility index (Phi) is 5.09. The molecule has 6 nitrogen and oxygen atoms in total. The number of aliphatic carboxylic acids is 1. The molecule has 23 heavy (non-hydrogen) atoms. The smallest absolute Gasteiger partial charge is 0.323 e. The number of nitrogens with zero attached hydrogens (tertiary/aromatic N) is 3. The highest BCUT2D eigenvalue weighted by Gasteiger charge is 2.24. The highest BCUT2D eigenvalue weighted by Crippen LogP contribution is 2.32. The van der Waals surface area contributed by atoms with E-state index in [4.69, 9.17) is 5.11 Å². The van der Waals surface area contributed by atoms with E-state index in [0.29, 0.717) is 11.4 Å². The molecule has 126 valence electrons. The second-order valence-corrected chi connectivity index (χ2v) is 7.50. The summed E-state index contributed by atoms with van der Waals surface area (Å²) in [6, 6.07) is 1.85. The number of carboxylic acid groups (broad SMARTS) is 1. The Hall–Kier alpha value is -1.89. The van der Waals surface area contributed by atoms with Crippen molar-refractivity contribution < 1.29 is 14.7 Å². The first kappa shape index (κ1) is 17.5. The molecule has 0 saturated carbocycles. The van der Waals surface area contributed by atoms with Crippen molar-refractivity contribution in [1.82, 2.24) is 14.7 Å². The van der Waals surface area contributed by atoms with Gasteiger partial charge in [0, 0.05) is 19.0 Å². The molecular formula is C16H23N3O3S. The van der Waals surface area contributed by atoms with Gasteiger partial charge < -0.3 is 10.0 Å². The predicted molar refractivity (Wildman–Crippen MR) is 91.1 cm³/mol. The topological polar surface area (TPSA) is 75.4 Å². The average molecular weight is 337 g/mol. The Morgan fingerprint density at radius 2 is 2.00 bits per heavy atom. The van der Waals surface area contributed by atoms with E-state index in [9.17, 15) is 9.59 Å². The van der Waals surface area contributed by atoms with Crippen LogP contribution in [0.25, 0.3) is 10.2 Å². The van der Waals surface area contributed by atoms with E-state index in [1.165, 1.54) is 16.2 Å². The Bertz CT molecular complexity index is 730. The number of thiophene rings is 1. The minimum Gasteiger partial charge on any atom is -0.480 e. The highest BCUT2D eigenvalue weighted by atomic mass is 32.1. The van der Waals surface area contributed by atoms with Gasteiger partial charge in [-0.15, -0.1) is 11.3 Å². The van der Waals surface area contributed by atoms with E-state index >= 15 is 0 Å². The lowest BCUT2D eigenvalue weighted by atomic mass is 10.1. The number of carbonyl (C=O) groups excluding carboxylic acids is 1. The quantitative estimate of drug-likeness (QED) is 0.879. The first-order chi connectivity index (χ1) is 10.7. The Balaban J connectivity index is 2.39. The molecule has 2 heterocycles. The van der Waals surface area contributed by atoms with Gasteiger partial charge in [0.2, 0.25) is 0 Å². The predicted octanol–water partition coefficient (Wildman–Crippen LogP) is 2.94. The summed E-state index contributed by atoms with van der Waals surface area (Å²) >= 11 is 1.37. The molecule has 2 aromatic rings. The number of fused-ring (bicyclic) bond motifs is 1. The van der Waals surface area contributed by atoms with Gasteiger partial charge in [0.15, 0.2) is 0 Å². The molecule has 0 aromatic carbocycles. The molecular weight excluding hydrogens is 314 g/mol. The second kappa shape index (κ2) is 6.70. The van der Waals surface area contributed by atoms with E-state index in [2.05, 4.69) is 18.9 Å². The molecule has 0 bridgehead atoms. The number of hydrogen-bond donors (Lipinski definition) is 1. The van der Waals surface area contributed by atoms with Crippen molar-refractivity contribution in [2.24, 2.45) is 13.0 Å². The summed E-state index contributed by atoms with van der Waals surface area (Å²) in [4.78, 5) is 26.7. The third-order valence-corrected chi connectivity index (χ3v) is 4.69. The van der Waals surface area contributed by atoms with Crippen molar-refractivity contribution in [3.8, 4) is 0 Å². The fraction of sp³-hybridized carbons (Fsp3) is 0.562. The molecule has 0 radical (unpaired) electrons. The average Bonchev–Trinajstić information content (AvgIpc) is 2.97. The molecule has 7 heteroatoms. The van der Waals surface area contributed by atoms with Crippen molar-refractivity contribution in [1.29, 1.82) is 0 Å². The zero-order valence-electron chi connectivity index (χ0n) is 14.2. The molecule has 1 amide bonds. The zero-order chi connectivity index (χ0) is 17.3. The Morgan fingerprint density at radius 1 is 1.35 bits per heavy atom. The number of aromatic nitrogens is 2. The van der Waals surface area contributed by atoms with Crippen LogP contribution in [0.2, 0.25) is 0 Å². The van der Waals surface area contributed by atoms with Crippen molar-refractivity contribution in [2.45, 2.75) is 33.6 Å². The summed E-state index contributed by atoms with van der Waals surface area (Å²) in [6.45, 7) is 8.21. The molecule has 2 rings (SSSR count). The van der Waals surface area contributed by atoms with Crippen LogP contribution in [0.15, 0.2) is 6.07 Å². The van der Waals surface area contributed by atoms with Gasteiger partial charge in [0.25, 0.3) is 5.91 Å². The number of aryl methyl sites for hydroxylation is 1. The number of carboxylic acids is 1. The van der Waals surface area contributed by atoms with Crippen molar-refractivity contribution >= 4 is 33.4 Å². The Morgan fingerprint density at radius 3 is 2.52 bits per heavy atom. The molecule has 0 atom stereocenters. The maximum absolute atomic E-state index is 12.7. The summed E-state index contributed by atoms with van der Waals surface area (Å²) in [5.41, 5.74) is 0.964. The molecule has 0 aliphatic heterocycles. The number of amides is 1. The molecule has 0 spiro atoms. The molecule has 0 fully saturated rings. The van der Waals surface area contributed by atoms with Gasteiger partial charge >= 0.3 is 5.97 Å². The summed E-state index contributed by atoms with van der Waals surface area (Å²) in [7, 11) is 1.86. The van der Waals surface area contributed by atoms with Gasteiger partial charge in [-0.1, -0.05) is 27.7 Å². The fourth-order valence-electron chi connectivity index (χ4n) is 2.58. The van der Waals surface area contributed by atoms with Gasteiger partial charge in [-0.2, -0.15) is 5.10 Å². The summed E-state index contributed by atoms with van der Waals surface area (Å²) in [6.07, 6.45) is 0. The first-order valence-electron chi connectivity index (χ1n) is 7.68. The maximum atomic E-state index is 12.7. The number of hydrogen-bond acceptors (Lipinski definition) is 4. The van der Waals surface area contributed by atoms with Gasteiger partial charge in [0.05, 0.1) is 10.6 Å². The van der Waals surface area contributed by atoms with Crippen LogP contribution in [-0.4, -0.2) is 44.8 Å². The summed E-state index contributed by atoms with van der Waals surface area (Å²) in [5.74, 6) is -0.746. The van der Waals surface area contributed by atoms with Crippen LogP contribution in [0.5, 0.6) is 0 Å². The molecule has 1 N–H and O–H groups in total. The highest BCUT2D eigenvalue weighted by molar-refractivity contribution is 7.20. The van der Waals surface area contributed by atoms with Gasteiger partial charge in [0.1, 0.15) is 11.4 Å². The molecule has 2 aromatic heterocycles. The molecule has 0 aliphatic rings. The first-order valence-corrected chi connectivity index (χ1v) is 8.49. The maximum Gasteiger partial charge on any atom is 0.323 e. The SMILES string of the molecule is CC(C)CN(CC(=O)O)C(=O)c1cc2c(C(C)C)nn(C)c2s1. The minimum atomic E-state index is -0.996. The van der Waals surface area contributed by atoms with Crippen LogP contribution >= 0.6 is 11.3 Å². The van der Waals surface area contributed by atoms with Crippen molar-refractivity contribution in [2.75, 3.05) is 13.1 Å². The molecule has 0 saturated heterocycles. The largest absolute Gasteiger partial charge is 0.480 e. The Labute approximate surface area is 139 Å². The number of carbonyl (C=O) groups is 2. The van der Waals surface area contributed by atoms with E-state index in [1.807, 2.05) is 27.0 Å². The lowest BCUT2D eigenvalue weighted by Gasteiger charge is -2.21. The molecule has 0 unspecified atom stereocenters. The standard InChI is InChI=1S/C16H23N3O3S/c1-9(2)7-19(8-13(20)21)15(22)12-6-11-14(10(3)4)17-18(5)16(11)23-12/h6,9-10H,7-8H2,1-5H3,(H,20,21). The van der Waals surface area contributed by atoms with E-state index in [1.54, 1.807) is 4.68 Å². The second-order valence-electron chi connectivity index (χ2n) is 6.47. The van der Waals surface area contributed by atoms with Crippen LogP contribution in [0, 0.1) is 5.92 Å². The normalized spacial score (nSPS) is 11.6. The lowest BCUT2D eigenvalue weighted by molar-refractivity contribution is -0.137. The molecule has 0 aliphatic carbocycles. The monoisotopic (exact) mass is 337 g/mol. The number of rotatable bonds is 6. The van der Waals surface area contributed by atoms with Gasteiger partial charge in [-0.3, -0.25) is 14.3 Å². The lowest BCUT2D eigenvalue weighted by Crippen LogP contribution is -2.37. The fourth-order valence-corrected chi connectivity index (χ4v) is 3.63. The van der Waals surface area contributed by atoms with Crippen molar-refractivity contribution in [3.63, 3.8) is 0 Å². The zero-order valence-corrected chi connectivity index (χ0v) is 15.0. The minimum absolute atomic E-state index is 0.209. The van der Waals surface area contributed by atoms with Gasteiger partial charge in [-0.25, -0.2) is 0 Å². The van der Waals surface area contributed by atoms with Crippen LogP contribution in [-0.2, 0) is 11.8 Å². The summed E-state index contributed by atoms with van der Waals surface area (Å²) in [5, 5.41) is 14.5. The van der Waals surface area contributed by atoms with Gasteiger partial charge in [-0.05, 0) is 17.9 Å². The van der Waals surface area contributed by atoms with Crippen LogP contribution in [0.4, 0.5) is 0 Å². The van der Waals surface area contributed by atoms with E-state index < -0.39 is 5.97 Å². The van der Waals surface area contributed by atoms with E-state index in [-0.39, 0.29) is 24.3 Å². The van der Waals surface area contributed by atoms with Crippen LogP contribution in [0.1, 0.15) is 49.0 Å². The third kappa shape index (κ3) is 3.72. The van der Waals surface area contributed by atoms with Crippen LogP contribution in [0.3, 0.4) is 0 Å².